The third-order valence-electron chi connectivity index (χ3n) is 3.93. The fourth-order valence-electron chi connectivity index (χ4n) is 2.60. The van der Waals surface area contributed by atoms with Crippen LogP contribution in [0.1, 0.15) is 0 Å². The third kappa shape index (κ3) is 5.06. The van der Waals surface area contributed by atoms with Gasteiger partial charge in [-0.2, -0.15) is 5.10 Å². The Morgan fingerprint density at radius 1 is 1.11 bits per heavy atom. The summed E-state index contributed by atoms with van der Waals surface area (Å²) < 4.78 is 18.1. The molecule has 3 aromatic rings. The van der Waals surface area contributed by atoms with Crippen LogP contribution in [-0.2, 0) is 15.8 Å². The lowest BCUT2D eigenvalue weighted by molar-refractivity contribution is 0.147. The van der Waals surface area contributed by atoms with Crippen LogP contribution < -0.4 is 4.90 Å². The molecule has 0 amide bonds. The van der Waals surface area contributed by atoms with Crippen molar-refractivity contribution in [3.05, 3.63) is 59.1 Å². The number of anilines is 1. The van der Waals surface area contributed by atoms with Gasteiger partial charge in [-0.25, -0.2) is 9.25 Å². The van der Waals surface area contributed by atoms with Crippen LogP contribution in [0.2, 0.25) is 0 Å². The van der Waals surface area contributed by atoms with E-state index < -0.39 is 7.82 Å². The molecule has 0 atom stereocenters. The van der Waals surface area contributed by atoms with Gasteiger partial charge in [0.05, 0.1) is 11.4 Å². The minimum absolute atomic E-state index is 0.359. The van der Waals surface area contributed by atoms with E-state index in [0.717, 1.165) is 21.3 Å². The molecule has 2 N–H and O–H groups in total. The van der Waals surface area contributed by atoms with Crippen LogP contribution in [0.25, 0.3) is 22.5 Å². The Labute approximate surface area is 165 Å². The summed E-state index contributed by atoms with van der Waals surface area (Å²) in [7, 11) is -0.674. The Hall–Kier alpha value is -1.96. The van der Waals surface area contributed by atoms with Crippen molar-refractivity contribution in [2.75, 3.05) is 19.0 Å². The number of aromatic nitrogens is 2. The van der Waals surface area contributed by atoms with Crippen LogP contribution in [0.4, 0.5) is 5.69 Å². The Balaban J connectivity index is 2.01. The van der Waals surface area contributed by atoms with Gasteiger partial charge < -0.3 is 14.7 Å². The summed E-state index contributed by atoms with van der Waals surface area (Å²) in [6.45, 7) is -0.359. The summed E-state index contributed by atoms with van der Waals surface area (Å²) in [5, 5.41) is 4.48. The highest BCUT2D eigenvalue weighted by molar-refractivity contribution is 9.10. The first-order valence-corrected chi connectivity index (χ1v) is 10.4. The number of halogens is 1. The Bertz CT molecular complexity index is 983. The summed E-state index contributed by atoms with van der Waals surface area (Å²) in [6, 6.07) is 17.3. The highest BCUT2D eigenvalue weighted by Gasteiger charge is 2.18. The summed E-state index contributed by atoms with van der Waals surface area (Å²) in [6.07, 6.45) is 0. The van der Waals surface area contributed by atoms with Crippen molar-refractivity contribution in [3.63, 3.8) is 0 Å². The summed E-state index contributed by atoms with van der Waals surface area (Å²) in [4.78, 5) is 20.1. The van der Waals surface area contributed by atoms with E-state index in [4.69, 9.17) is 9.79 Å². The molecule has 0 bridgehead atoms. The second-order valence-corrected chi connectivity index (χ2v) is 8.27. The predicted molar refractivity (Wildman–Crippen MR) is 108 cm³/mol. The second kappa shape index (κ2) is 7.96. The molecular formula is C18H19BrN3O4P. The minimum Gasteiger partial charge on any atom is -0.378 e. The zero-order chi connectivity index (χ0) is 19.6. The summed E-state index contributed by atoms with van der Waals surface area (Å²) in [5.74, 6) is 0. The van der Waals surface area contributed by atoms with Gasteiger partial charge in [0, 0.05) is 35.4 Å². The molecule has 142 valence electrons. The Morgan fingerprint density at radius 3 is 2.41 bits per heavy atom. The third-order valence-corrected chi connectivity index (χ3v) is 4.87. The number of nitrogens with zero attached hydrogens (tertiary/aromatic N) is 3. The molecule has 1 aromatic heterocycles. The van der Waals surface area contributed by atoms with Gasteiger partial charge in [0.15, 0.2) is 6.73 Å². The molecule has 0 fully saturated rings. The second-order valence-electron chi connectivity index (χ2n) is 6.11. The maximum Gasteiger partial charge on any atom is 0.471 e. The molecule has 0 aliphatic carbocycles. The highest BCUT2D eigenvalue weighted by atomic mass is 79.9. The molecule has 0 radical (unpaired) electrons. The molecule has 2 aromatic carbocycles. The standard InChI is InChI=1S/C18H19BrN3O4P/c1-21(2)16-8-6-13(7-9-16)17-11-18(14-4-3-5-15(19)10-14)22(20-17)12-26-27(23,24)25/h3-11H,12H2,1-2H3,(H2,23,24,25). The van der Waals surface area contributed by atoms with E-state index in [9.17, 15) is 4.57 Å². The Morgan fingerprint density at radius 2 is 1.81 bits per heavy atom. The smallest absolute Gasteiger partial charge is 0.378 e. The first kappa shape index (κ1) is 19.8. The molecular weight excluding hydrogens is 433 g/mol. The normalized spacial score (nSPS) is 11.6. The quantitative estimate of drug-likeness (QED) is 0.548. The van der Waals surface area contributed by atoms with Gasteiger partial charge in [-0.1, -0.05) is 40.2 Å². The number of phosphoric acid groups is 1. The first-order valence-electron chi connectivity index (χ1n) is 8.04. The van der Waals surface area contributed by atoms with Crippen molar-refractivity contribution in [2.24, 2.45) is 0 Å². The lowest BCUT2D eigenvalue weighted by Crippen LogP contribution is -2.08. The van der Waals surface area contributed by atoms with E-state index in [1.807, 2.05) is 73.6 Å². The van der Waals surface area contributed by atoms with Crippen LogP contribution in [0.15, 0.2) is 59.1 Å². The molecule has 0 aliphatic rings. The van der Waals surface area contributed by atoms with Crippen molar-refractivity contribution < 1.29 is 18.9 Å². The minimum atomic E-state index is -4.61. The number of hydrogen-bond donors (Lipinski definition) is 2. The van der Waals surface area contributed by atoms with Gasteiger partial charge in [-0.3, -0.25) is 4.52 Å². The molecule has 0 saturated carbocycles. The van der Waals surface area contributed by atoms with Gasteiger partial charge in [-0.05, 0) is 30.3 Å². The number of benzene rings is 2. The van der Waals surface area contributed by atoms with Crippen molar-refractivity contribution in [1.29, 1.82) is 0 Å². The topological polar surface area (TPSA) is 87.8 Å². The molecule has 0 aliphatic heterocycles. The zero-order valence-corrected chi connectivity index (χ0v) is 17.3. The van der Waals surface area contributed by atoms with Crippen molar-refractivity contribution in [2.45, 2.75) is 6.73 Å². The summed E-state index contributed by atoms with van der Waals surface area (Å²) in [5.41, 5.74) is 4.19. The van der Waals surface area contributed by atoms with Crippen molar-refractivity contribution in [3.8, 4) is 22.5 Å². The van der Waals surface area contributed by atoms with E-state index in [1.165, 1.54) is 4.68 Å². The van der Waals surface area contributed by atoms with E-state index in [0.29, 0.717) is 11.4 Å². The fourth-order valence-corrected chi connectivity index (χ4v) is 3.26. The van der Waals surface area contributed by atoms with Crippen molar-refractivity contribution >= 4 is 29.4 Å². The van der Waals surface area contributed by atoms with Gasteiger partial charge >= 0.3 is 7.82 Å². The Kier molecular flexibility index (Phi) is 5.83. The van der Waals surface area contributed by atoms with Crippen molar-refractivity contribution in [1.82, 2.24) is 9.78 Å². The van der Waals surface area contributed by atoms with E-state index in [2.05, 4.69) is 25.6 Å². The molecule has 9 heteroatoms. The number of phosphoric ester groups is 1. The lowest BCUT2D eigenvalue weighted by atomic mass is 10.1. The predicted octanol–water partition coefficient (Wildman–Crippen LogP) is 4.11. The van der Waals surface area contributed by atoms with Gasteiger partial charge in [0.2, 0.25) is 0 Å². The van der Waals surface area contributed by atoms with E-state index in [1.54, 1.807) is 0 Å². The maximum atomic E-state index is 11.1. The van der Waals surface area contributed by atoms with Crippen LogP contribution in [0, 0.1) is 0 Å². The monoisotopic (exact) mass is 451 g/mol. The first-order chi connectivity index (χ1) is 12.7. The SMILES string of the molecule is CN(C)c1ccc(-c2cc(-c3cccc(Br)c3)n(COP(=O)(O)O)n2)cc1. The van der Waals surface area contributed by atoms with Crippen LogP contribution in [0.3, 0.4) is 0 Å². The van der Waals surface area contributed by atoms with Crippen LogP contribution in [0.5, 0.6) is 0 Å². The maximum absolute atomic E-state index is 11.1. The molecule has 0 spiro atoms. The molecule has 0 saturated heterocycles. The summed E-state index contributed by atoms with van der Waals surface area (Å²) >= 11 is 3.44. The molecule has 7 nitrogen and oxygen atoms in total. The van der Waals surface area contributed by atoms with Crippen LogP contribution in [-0.4, -0.2) is 33.7 Å². The molecule has 1 heterocycles. The van der Waals surface area contributed by atoms with Gasteiger partial charge in [0.1, 0.15) is 0 Å². The van der Waals surface area contributed by atoms with E-state index in [-0.39, 0.29) is 6.73 Å². The van der Waals surface area contributed by atoms with Gasteiger partial charge in [-0.15, -0.1) is 0 Å². The number of hydrogen-bond acceptors (Lipinski definition) is 4. The average Bonchev–Trinajstić information content (AvgIpc) is 3.04. The number of rotatable bonds is 6. The average molecular weight is 452 g/mol. The molecule has 3 rings (SSSR count). The largest absolute Gasteiger partial charge is 0.471 e. The van der Waals surface area contributed by atoms with Crippen LogP contribution >= 0.6 is 23.8 Å². The van der Waals surface area contributed by atoms with Gasteiger partial charge in [0.25, 0.3) is 0 Å². The van der Waals surface area contributed by atoms with E-state index >= 15 is 0 Å². The zero-order valence-electron chi connectivity index (χ0n) is 14.8. The molecule has 27 heavy (non-hydrogen) atoms. The lowest BCUT2D eigenvalue weighted by Gasteiger charge is -2.12. The molecule has 0 unspecified atom stereocenters. The highest BCUT2D eigenvalue weighted by Crippen LogP contribution is 2.37. The fraction of sp³-hybridized carbons (Fsp3) is 0.167.